The van der Waals surface area contributed by atoms with Crippen molar-refractivity contribution in [3.63, 3.8) is 0 Å². The molecule has 0 saturated heterocycles. The largest absolute Gasteiger partial charge is 2.00 e. The summed E-state index contributed by atoms with van der Waals surface area (Å²) in [7, 11) is 0. The molecule has 4 atom stereocenters. The van der Waals surface area contributed by atoms with Gasteiger partial charge >= 0.3 is 39.0 Å². The van der Waals surface area contributed by atoms with Gasteiger partial charge < -0.3 is 70.2 Å². The van der Waals surface area contributed by atoms with Crippen LogP contribution < -0.4 is 20.4 Å². The maximum atomic E-state index is 10.1. The van der Waals surface area contributed by atoms with Crippen LogP contribution in [0.25, 0.3) is 0 Å². The van der Waals surface area contributed by atoms with Crippen LogP contribution in [0.15, 0.2) is 0 Å². The van der Waals surface area contributed by atoms with E-state index in [0.717, 1.165) is 0 Å². The summed E-state index contributed by atoms with van der Waals surface area (Å²) in [4.78, 5) is 40.0. The number of hydrogen-bond donors (Lipinski definition) is 6. The van der Waals surface area contributed by atoms with Crippen molar-refractivity contribution in [3.8, 4) is 0 Å². The second kappa shape index (κ2) is 15.8. The summed E-state index contributed by atoms with van der Waals surface area (Å²) in [6.07, 6.45) is -10.8. The summed E-state index contributed by atoms with van der Waals surface area (Å²) >= 11 is 0. The minimum Gasteiger partial charge on any atom is -0.550 e. The summed E-state index contributed by atoms with van der Waals surface area (Å²) in [6.45, 7) is -0.863. The second-order valence-corrected chi connectivity index (χ2v) is 4.91. The van der Waals surface area contributed by atoms with Crippen molar-refractivity contribution in [2.75, 3.05) is 6.61 Å². The van der Waals surface area contributed by atoms with Gasteiger partial charge in [-0.25, -0.2) is 0 Å². The maximum absolute atomic E-state index is 10.1. The van der Waals surface area contributed by atoms with E-state index in [9.17, 15) is 39.6 Å². The first-order valence-corrected chi connectivity index (χ1v) is 6.57. The number of carbonyl (C=O) groups excluding carboxylic acids is 4. The van der Waals surface area contributed by atoms with Gasteiger partial charge in [0.05, 0.1) is 18.5 Å². The normalized spacial score (nSPS) is 14.5. The standard InChI is InChI=1S/C6H8O7.C6H12O7.2Zn/c7-3(8)1-6(13,5(11)12)2-4(9)10;7-1-2(8)3(9)4(10)5(11)6(12)13;;/h13H,1-2H2,(H,7,8)(H,9,10)(H,11,12);2-5,7-11H,1H2,(H,12,13);;/q;;2*+2/p-4. The van der Waals surface area contributed by atoms with E-state index in [1.165, 1.54) is 0 Å². The molecule has 6 N–H and O–H groups in total. The molecular formula is C12H16O14Zn2. The summed E-state index contributed by atoms with van der Waals surface area (Å²) in [5, 5.41) is 92.4. The third-order valence-corrected chi connectivity index (χ3v) is 2.75. The Morgan fingerprint density at radius 3 is 1.36 bits per heavy atom. The molecule has 0 radical (unpaired) electrons. The first kappa shape index (κ1) is 34.4. The van der Waals surface area contributed by atoms with Crippen LogP contribution >= 0.6 is 0 Å². The van der Waals surface area contributed by atoms with Gasteiger partial charge in [0, 0.05) is 24.8 Å². The predicted molar refractivity (Wildman–Crippen MR) is 65.3 cm³/mol. The van der Waals surface area contributed by atoms with Gasteiger partial charge in [0.1, 0.15) is 30.0 Å². The van der Waals surface area contributed by atoms with E-state index in [-0.39, 0.29) is 39.0 Å². The molecule has 0 bridgehead atoms. The number of hydrogen-bond acceptors (Lipinski definition) is 14. The van der Waals surface area contributed by atoms with Crippen LogP contribution in [-0.2, 0) is 58.1 Å². The average Bonchev–Trinajstić information content (AvgIpc) is 2.50. The molecule has 0 aromatic rings. The molecule has 0 aliphatic rings. The van der Waals surface area contributed by atoms with E-state index >= 15 is 0 Å². The molecule has 0 saturated carbocycles. The van der Waals surface area contributed by atoms with Crippen molar-refractivity contribution in [2.45, 2.75) is 42.9 Å². The van der Waals surface area contributed by atoms with E-state index in [0.29, 0.717) is 0 Å². The van der Waals surface area contributed by atoms with Crippen LogP contribution in [0.5, 0.6) is 0 Å². The zero-order valence-electron chi connectivity index (χ0n) is 14.3. The van der Waals surface area contributed by atoms with Crippen LogP contribution in [0.2, 0.25) is 0 Å². The van der Waals surface area contributed by atoms with Crippen LogP contribution in [0, 0.1) is 0 Å². The number of carboxylic acid groups (broad SMARTS) is 4. The average molecular weight is 515 g/mol. The maximum Gasteiger partial charge on any atom is 2.00 e. The first-order valence-electron chi connectivity index (χ1n) is 6.57. The van der Waals surface area contributed by atoms with E-state index in [2.05, 4.69) is 0 Å². The van der Waals surface area contributed by atoms with Crippen molar-refractivity contribution >= 4 is 23.9 Å². The molecule has 0 fully saturated rings. The molecule has 0 amide bonds. The van der Waals surface area contributed by atoms with Crippen LogP contribution in [0.3, 0.4) is 0 Å². The molecule has 0 heterocycles. The van der Waals surface area contributed by atoms with E-state index < -0.39 is 73.3 Å². The molecule has 28 heavy (non-hydrogen) atoms. The fourth-order valence-corrected chi connectivity index (χ4v) is 1.35. The number of carboxylic acids is 4. The Bertz CT molecular complexity index is 497. The zero-order valence-corrected chi connectivity index (χ0v) is 20.2. The van der Waals surface area contributed by atoms with Gasteiger partial charge in [-0.2, -0.15) is 0 Å². The summed E-state index contributed by atoms with van der Waals surface area (Å²) < 4.78 is 0. The van der Waals surface area contributed by atoms with E-state index in [4.69, 9.17) is 30.6 Å². The molecule has 16 heteroatoms. The number of aliphatic hydroxyl groups is 6. The Labute approximate surface area is 182 Å². The minimum absolute atomic E-state index is 0. The Morgan fingerprint density at radius 2 is 1.14 bits per heavy atom. The summed E-state index contributed by atoms with van der Waals surface area (Å²) in [6, 6.07) is 0. The molecule has 0 rings (SSSR count). The van der Waals surface area contributed by atoms with Crippen LogP contribution in [0.1, 0.15) is 12.8 Å². The van der Waals surface area contributed by atoms with Crippen molar-refractivity contribution in [3.05, 3.63) is 0 Å². The molecule has 0 spiro atoms. The third-order valence-electron chi connectivity index (χ3n) is 2.75. The van der Waals surface area contributed by atoms with Gasteiger partial charge in [-0.05, 0) is 0 Å². The summed E-state index contributed by atoms with van der Waals surface area (Å²) in [5.74, 6) is -7.96. The van der Waals surface area contributed by atoms with Crippen molar-refractivity contribution in [2.24, 2.45) is 0 Å². The molecular weight excluding hydrogens is 499 g/mol. The zero-order chi connectivity index (χ0) is 21.2. The molecule has 0 aliphatic heterocycles. The predicted octanol–water partition coefficient (Wildman–Crippen LogP) is -10.1. The van der Waals surface area contributed by atoms with E-state index in [1.54, 1.807) is 0 Å². The molecule has 152 valence electrons. The third kappa shape index (κ3) is 13.1. The number of aliphatic hydroxyl groups excluding tert-OH is 5. The molecule has 14 nitrogen and oxygen atoms in total. The summed E-state index contributed by atoms with van der Waals surface area (Å²) in [5.41, 5.74) is -2.97. The van der Waals surface area contributed by atoms with Crippen molar-refractivity contribution < 1.29 is 109 Å². The molecule has 0 aliphatic carbocycles. The van der Waals surface area contributed by atoms with Gasteiger partial charge in [-0.1, -0.05) is 0 Å². The fourth-order valence-electron chi connectivity index (χ4n) is 1.35. The Balaban J connectivity index is -0.000000192. The van der Waals surface area contributed by atoms with Crippen LogP contribution in [0.4, 0.5) is 0 Å². The van der Waals surface area contributed by atoms with Crippen molar-refractivity contribution in [1.82, 2.24) is 0 Å². The second-order valence-electron chi connectivity index (χ2n) is 4.91. The number of aliphatic carboxylic acids is 4. The quantitative estimate of drug-likeness (QED) is 0.147. The first-order chi connectivity index (χ1) is 11.7. The Kier molecular flexibility index (Phi) is 19.4. The Hall–Kier alpha value is -1.11. The van der Waals surface area contributed by atoms with Gasteiger partial charge in [-0.15, -0.1) is 0 Å². The monoisotopic (exact) mass is 512 g/mol. The fraction of sp³-hybridized carbons (Fsp3) is 0.667. The van der Waals surface area contributed by atoms with Crippen LogP contribution in [-0.4, -0.2) is 91.1 Å². The van der Waals surface area contributed by atoms with Gasteiger partial charge in [0.2, 0.25) is 0 Å². The van der Waals surface area contributed by atoms with Gasteiger partial charge in [0.25, 0.3) is 0 Å². The van der Waals surface area contributed by atoms with Crippen molar-refractivity contribution in [1.29, 1.82) is 0 Å². The smallest absolute Gasteiger partial charge is 0.550 e. The molecule has 0 aromatic heterocycles. The molecule has 4 unspecified atom stereocenters. The van der Waals surface area contributed by atoms with E-state index in [1.807, 2.05) is 0 Å². The topological polar surface area (TPSA) is 282 Å². The SMILES string of the molecule is O=C([O-])C(O)C(O)C(O)C(O)CO.O=C([O-])CC(O)(CC(=O)[O-])C(=O)[O-].[Zn+2].[Zn+2]. The van der Waals surface area contributed by atoms with Gasteiger partial charge in [0.15, 0.2) is 0 Å². The minimum atomic E-state index is -2.97. The molecule has 0 aromatic carbocycles. The number of carbonyl (C=O) groups is 4. The Morgan fingerprint density at radius 1 is 0.786 bits per heavy atom. The van der Waals surface area contributed by atoms with Gasteiger partial charge in [-0.3, -0.25) is 0 Å². The number of rotatable bonds is 10.